The van der Waals surface area contributed by atoms with Crippen molar-refractivity contribution in [2.75, 3.05) is 25.1 Å². The second kappa shape index (κ2) is 7.03. The molecule has 19 heavy (non-hydrogen) atoms. The number of anilines is 1. The van der Waals surface area contributed by atoms with E-state index in [-0.39, 0.29) is 5.91 Å². The van der Waals surface area contributed by atoms with Crippen LogP contribution in [0.25, 0.3) is 0 Å². The third-order valence-electron chi connectivity index (χ3n) is 3.40. The smallest absolute Gasteiger partial charge is 0.238 e. The Morgan fingerprint density at radius 1 is 1.53 bits per heavy atom. The highest BCUT2D eigenvalue weighted by molar-refractivity contribution is 9.10. The van der Waals surface area contributed by atoms with Gasteiger partial charge in [-0.1, -0.05) is 12.1 Å². The molecule has 0 bridgehead atoms. The monoisotopic (exact) mass is 326 g/mol. The normalized spacial score (nSPS) is 20.2. The maximum absolute atomic E-state index is 11.9. The van der Waals surface area contributed by atoms with E-state index < -0.39 is 0 Å². The zero-order valence-electron chi connectivity index (χ0n) is 11.0. The molecule has 1 amide bonds. The summed E-state index contributed by atoms with van der Waals surface area (Å²) in [6, 6.07) is 7.89. The fraction of sp³-hybridized carbons (Fsp3) is 0.500. The number of amides is 1. The van der Waals surface area contributed by atoms with Gasteiger partial charge >= 0.3 is 0 Å². The lowest BCUT2D eigenvalue weighted by atomic mass is 10.0. The molecule has 0 aliphatic carbocycles. The summed E-state index contributed by atoms with van der Waals surface area (Å²) in [5, 5.41) is 6.13. The Morgan fingerprint density at radius 2 is 2.32 bits per heavy atom. The van der Waals surface area contributed by atoms with Gasteiger partial charge in [-0.05, 0) is 47.3 Å². The Balaban J connectivity index is 1.77. The van der Waals surface area contributed by atoms with Crippen LogP contribution >= 0.6 is 15.9 Å². The summed E-state index contributed by atoms with van der Waals surface area (Å²) in [5.41, 5.74) is 0.797. The topological polar surface area (TPSA) is 50.4 Å². The maximum Gasteiger partial charge on any atom is 0.238 e. The van der Waals surface area contributed by atoms with Crippen LogP contribution in [0.4, 0.5) is 5.69 Å². The highest BCUT2D eigenvalue weighted by atomic mass is 79.9. The predicted octanol–water partition coefficient (Wildman–Crippen LogP) is 2.40. The molecule has 104 valence electrons. The zero-order valence-corrected chi connectivity index (χ0v) is 12.6. The molecule has 5 heteroatoms. The van der Waals surface area contributed by atoms with Gasteiger partial charge in [0.2, 0.25) is 5.91 Å². The summed E-state index contributed by atoms with van der Waals surface area (Å²) in [5.74, 6) is 0.480. The molecular formula is C14H19BrN2O2. The minimum absolute atomic E-state index is 0.0299. The summed E-state index contributed by atoms with van der Waals surface area (Å²) < 4.78 is 6.24. The molecule has 1 aliphatic heterocycles. The van der Waals surface area contributed by atoms with E-state index in [1.807, 2.05) is 24.3 Å². The summed E-state index contributed by atoms with van der Waals surface area (Å²) in [6.45, 7) is 4.05. The minimum Gasteiger partial charge on any atom is -0.381 e. The highest BCUT2D eigenvalue weighted by Crippen LogP contribution is 2.21. The van der Waals surface area contributed by atoms with Crippen LogP contribution in [0.1, 0.15) is 13.3 Å². The Hall–Kier alpha value is -0.910. The number of benzene rings is 1. The lowest BCUT2D eigenvalue weighted by Gasteiger charge is -2.19. The first kappa shape index (κ1) is 14.5. The first-order chi connectivity index (χ1) is 9.16. The van der Waals surface area contributed by atoms with Gasteiger partial charge in [0.05, 0.1) is 18.8 Å². The van der Waals surface area contributed by atoms with Crippen LogP contribution in [0.15, 0.2) is 28.7 Å². The molecule has 2 unspecified atom stereocenters. The molecule has 0 spiro atoms. The fourth-order valence-electron chi connectivity index (χ4n) is 2.12. The van der Waals surface area contributed by atoms with Crippen LogP contribution in [0.3, 0.4) is 0 Å². The quantitative estimate of drug-likeness (QED) is 0.873. The maximum atomic E-state index is 11.9. The summed E-state index contributed by atoms with van der Waals surface area (Å²) >= 11 is 3.41. The van der Waals surface area contributed by atoms with Crippen molar-refractivity contribution < 1.29 is 9.53 Å². The lowest BCUT2D eigenvalue weighted by Crippen LogP contribution is -2.39. The van der Waals surface area contributed by atoms with Crippen molar-refractivity contribution in [3.63, 3.8) is 0 Å². The molecule has 1 saturated heterocycles. The van der Waals surface area contributed by atoms with Gasteiger partial charge in [0.25, 0.3) is 0 Å². The molecule has 2 rings (SSSR count). The van der Waals surface area contributed by atoms with E-state index in [1.165, 1.54) is 0 Å². The molecule has 0 radical (unpaired) electrons. The number of hydrogen-bond acceptors (Lipinski definition) is 3. The molecular weight excluding hydrogens is 308 g/mol. The largest absolute Gasteiger partial charge is 0.381 e. The number of rotatable bonds is 5. The number of carbonyl (C=O) groups excluding carboxylic acids is 1. The van der Waals surface area contributed by atoms with Crippen LogP contribution < -0.4 is 10.6 Å². The summed E-state index contributed by atoms with van der Waals surface area (Å²) in [7, 11) is 0. The molecule has 0 aromatic heterocycles. The Kier molecular flexibility index (Phi) is 5.36. The van der Waals surface area contributed by atoms with Gasteiger partial charge in [-0.15, -0.1) is 0 Å². The van der Waals surface area contributed by atoms with E-state index in [1.54, 1.807) is 0 Å². The van der Waals surface area contributed by atoms with Crippen molar-refractivity contribution in [3.05, 3.63) is 28.7 Å². The third kappa shape index (κ3) is 4.30. The van der Waals surface area contributed by atoms with Gasteiger partial charge < -0.3 is 15.4 Å². The number of para-hydroxylation sites is 1. The molecule has 2 N–H and O–H groups in total. The van der Waals surface area contributed by atoms with E-state index in [2.05, 4.69) is 33.5 Å². The predicted molar refractivity (Wildman–Crippen MR) is 79.2 cm³/mol. The zero-order chi connectivity index (χ0) is 13.7. The molecule has 1 heterocycles. The molecule has 1 aromatic rings. The summed E-state index contributed by atoms with van der Waals surface area (Å²) in [4.78, 5) is 11.9. The number of nitrogens with one attached hydrogen (secondary N) is 2. The molecule has 1 aromatic carbocycles. The van der Waals surface area contributed by atoms with E-state index in [9.17, 15) is 4.79 Å². The Morgan fingerprint density at radius 3 is 3.00 bits per heavy atom. The number of hydrogen-bond donors (Lipinski definition) is 2. The van der Waals surface area contributed by atoms with Crippen LogP contribution in [0.2, 0.25) is 0 Å². The number of carbonyl (C=O) groups is 1. The van der Waals surface area contributed by atoms with Crippen molar-refractivity contribution in [2.24, 2.45) is 5.92 Å². The van der Waals surface area contributed by atoms with E-state index in [4.69, 9.17) is 4.74 Å². The van der Waals surface area contributed by atoms with Crippen molar-refractivity contribution in [2.45, 2.75) is 19.4 Å². The van der Waals surface area contributed by atoms with Gasteiger partial charge in [-0.25, -0.2) is 0 Å². The van der Waals surface area contributed by atoms with Gasteiger partial charge in [-0.3, -0.25) is 4.79 Å². The number of halogens is 1. The van der Waals surface area contributed by atoms with Crippen LogP contribution in [-0.4, -0.2) is 31.7 Å². The number of ether oxygens (including phenoxy) is 1. The van der Waals surface area contributed by atoms with E-state index >= 15 is 0 Å². The van der Waals surface area contributed by atoms with E-state index in [0.717, 1.165) is 29.8 Å². The first-order valence-electron chi connectivity index (χ1n) is 6.52. The molecule has 1 aliphatic rings. The Labute approximate surface area is 122 Å². The van der Waals surface area contributed by atoms with E-state index in [0.29, 0.717) is 18.5 Å². The van der Waals surface area contributed by atoms with Crippen LogP contribution in [0, 0.1) is 5.92 Å². The first-order valence-corrected chi connectivity index (χ1v) is 7.31. The van der Waals surface area contributed by atoms with Gasteiger partial charge in [0, 0.05) is 17.1 Å². The molecule has 0 saturated carbocycles. The Bertz CT molecular complexity index is 433. The molecule has 4 nitrogen and oxygen atoms in total. The van der Waals surface area contributed by atoms with Crippen LogP contribution in [0.5, 0.6) is 0 Å². The minimum atomic E-state index is -0.0299. The average Bonchev–Trinajstić information content (AvgIpc) is 2.93. The summed E-state index contributed by atoms with van der Waals surface area (Å²) in [6.07, 6.45) is 1.07. The SMILES string of the molecule is CC(NCC(=O)Nc1ccccc1Br)C1CCOC1. The van der Waals surface area contributed by atoms with Gasteiger partial charge in [0.1, 0.15) is 0 Å². The van der Waals surface area contributed by atoms with Gasteiger partial charge in [0.15, 0.2) is 0 Å². The molecule has 2 atom stereocenters. The lowest BCUT2D eigenvalue weighted by molar-refractivity contribution is -0.115. The third-order valence-corrected chi connectivity index (χ3v) is 4.10. The second-order valence-electron chi connectivity index (χ2n) is 4.82. The standard InChI is InChI=1S/C14H19BrN2O2/c1-10(11-6-7-19-9-11)16-8-14(18)17-13-5-3-2-4-12(13)15/h2-5,10-11,16H,6-9H2,1H3,(H,17,18). The van der Waals surface area contributed by atoms with Crippen molar-refractivity contribution >= 4 is 27.5 Å². The average molecular weight is 327 g/mol. The fourth-order valence-corrected chi connectivity index (χ4v) is 2.51. The second-order valence-corrected chi connectivity index (χ2v) is 5.68. The highest BCUT2D eigenvalue weighted by Gasteiger charge is 2.22. The van der Waals surface area contributed by atoms with Crippen molar-refractivity contribution in [1.82, 2.24) is 5.32 Å². The van der Waals surface area contributed by atoms with Crippen molar-refractivity contribution in [3.8, 4) is 0 Å². The van der Waals surface area contributed by atoms with Crippen molar-refractivity contribution in [1.29, 1.82) is 0 Å². The van der Waals surface area contributed by atoms with Gasteiger partial charge in [-0.2, -0.15) is 0 Å². The molecule has 1 fully saturated rings. The van der Waals surface area contributed by atoms with Crippen LogP contribution in [-0.2, 0) is 9.53 Å².